The van der Waals surface area contributed by atoms with Gasteiger partial charge in [0.2, 0.25) is 5.91 Å². The number of amides is 1. The number of rotatable bonds is 6. The molecule has 0 aromatic heterocycles. The van der Waals surface area contributed by atoms with Crippen LogP contribution in [0.15, 0.2) is 0 Å². The van der Waals surface area contributed by atoms with Crippen molar-refractivity contribution in [3.63, 3.8) is 0 Å². The molecule has 2 N–H and O–H groups in total. The van der Waals surface area contributed by atoms with E-state index in [9.17, 15) is 4.79 Å². The molecule has 1 atom stereocenters. The van der Waals surface area contributed by atoms with E-state index in [1.165, 1.54) is 14.2 Å². The number of aliphatic hydroxyl groups excluding tert-OH is 1. The lowest BCUT2D eigenvalue weighted by Crippen LogP contribution is -2.42. The first kappa shape index (κ1) is 11.4. The molecular weight excluding hydrogens is 162 g/mol. The second kappa shape index (κ2) is 7.02. The van der Waals surface area contributed by atoms with Crippen molar-refractivity contribution in [1.82, 2.24) is 5.32 Å². The number of aliphatic hydroxyl groups is 1. The van der Waals surface area contributed by atoms with E-state index >= 15 is 0 Å². The number of nitrogens with one attached hydrogen (secondary N) is 1. The highest BCUT2D eigenvalue weighted by Crippen LogP contribution is 1.83. The van der Waals surface area contributed by atoms with Crippen LogP contribution in [-0.2, 0) is 14.3 Å². The Labute approximate surface area is 71.7 Å². The zero-order valence-corrected chi connectivity index (χ0v) is 7.37. The van der Waals surface area contributed by atoms with Gasteiger partial charge in [0.25, 0.3) is 0 Å². The summed E-state index contributed by atoms with van der Waals surface area (Å²) in [5, 5.41) is 11.3. The molecule has 0 spiro atoms. The standard InChI is InChI=1S/C7H15NO4/c1-11-4-6(3-9)8-7(10)5-12-2/h6,9H,3-5H2,1-2H3,(H,8,10). The largest absolute Gasteiger partial charge is 0.394 e. The SMILES string of the molecule is COCC(=O)NC(CO)COC. The third-order valence-electron chi connectivity index (χ3n) is 1.23. The lowest BCUT2D eigenvalue weighted by molar-refractivity contribution is -0.126. The van der Waals surface area contributed by atoms with E-state index < -0.39 is 0 Å². The van der Waals surface area contributed by atoms with Crippen LogP contribution < -0.4 is 5.32 Å². The molecule has 0 radical (unpaired) electrons. The van der Waals surface area contributed by atoms with Crippen LogP contribution in [0.1, 0.15) is 0 Å². The van der Waals surface area contributed by atoms with Gasteiger partial charge in [0.1, 0.15) is 6.61 Å². The summed E-state index contributed by atoms with van der Waals surface area (Å²) in [6.45, 7) is 0.162. The Bertz CT molecular complexity index is 129. The predicted octanol–water partition coefficient (Wildman–Crippen LogP) is -1.24. The molecule has 0 aliphatic rings. The van der Waals surface area contributed by atoms with Crippen molar-refractivity contribution in [3.05, 3.63) is 0 Å². The first-order valence-electron chi connectivity index (χ1n) is 3.62. The van der Waals surface area contributed by atoms with Crippen LogP contribution in [0.3, 0.4) is 0 Å². The second-order valence-electron chi connectivity index (χ2n) is 2.34. The molecule has 12 heavy (non-hydrogen) atoms. The smallest absolute Gasteiger partial charge is 0.246 e. The Morgan fingerprint density at radius 3 is 2.58 bits per heavy atom. The maximum atomic E-state index is 10.9. The van der Waals surface area contributed by atoms with Gasteiger partial charge < -0.3 is 19.9 Å². The van der Waals surface area contributed by atoms with Gasteiger partial charge in [-0.25, -0.2) is 0 Å². The van der Waals surface area contributed by atoms with Gasteiger partial charge in [-0.3, -0.25) is 4.79 Å². The lowest BCUT2D eigenvalue weighted by Gasteiger charge is -2.14. The van der Waals surface area contributed by atoms with Crippen molar-refractivity contribution in [2.45, 2.75) is 6.04 Å². The van der Waals surface area contributed by atoms with Crippen molar-refractivity contribution in [2.75, 3.05) is 34.0 Å². The van der Waals surface area contributed by atoms with Gasteiger partial charge in [0, 0.05) is 14.2 Å². The summed E-state index contributed by atoms with van der Waals surface area (Å²) >= 11 is 0. The molecule has 0 saturated heterocycles. The first-order valence-corrected chi connectivity index (χ1v) is 3.62. The fraction of sp³-hybridized carbons (Fsp3) is 0.857. The Morgan fingerprint density at radius 2 is 2.17 bits per heavy atom. The molecule has 5 nitrogen and oxygen atoms in total. The maximum absolute atomic E-state index is 10.9. The van der Waals surface area contributed by atoms with E-state index in [2.05, 4.69) is 10.1 Å². The molecular formula is C7H15NO4. The van der Waals surface area contributed by atoms with Crippen molar-refractivity contribution in [1.29, 1.82) is 0 Å². The second-order valence-corrected chi connectivity index (χ2v) is 2.34. The fourth-order valence-corrected chi connectivity index (χ4v) is 0.742. The summed E-state index contributed by atoms with van der Waals surface area (Å²) in [4.78, 5) is 10.9. The Morgan fingerprint density at radius 1 is 1.50 bits per heavy atom. The van der Waals surface area contributed by atoms with Gasteiger partial charge >= 0.3 is 0 Å². The minimum atomic E-state index is -0.349. The summed E-state index contributed by atoms with van der Waals surface area (Å²) in [7, 11) is 2.94. The van der Waals surface area contributed by atoms with Crippen molar-refractivity contribution in [3.8, 4) is 0 Å². The summed E-state index contributed by atoms with van der Waals surface area (Å²) in [6.07, 6.45) is 0. The monoisotopic (exact) mass is 177 g/mol. The molecule has 0 aromatic carbocycles. The Balaban J connectivity index is 3.61. The molecule has 1 unspecified atom stereocenters. The maximum Gasteiger partial charge on any atom is 0.246 e. The van der Waals surface area contributed by atoms with Crippen molar-refractivity contribution >= 4 is 5.91 Å². The predicted molar refractivity (Wildman–Crippen MR) is 42.8 cm³/mol. The number of carbonyl (C=O) groups is 1. The number of carbonyl (C=O) groups excluding carboxylic acids is 1. The molecule has 72 valence electrons. The molecule has 5 heteroatoms. The first-order chi connectivity index (χ1) is 5.74. The van der Waals surface area contributed by atoms with Gasteiger partial charge in [-0.1, -0.05) is 0 Å². The highest BCUT2D eigenvalue weighted by Gasteiger charge is 2.09. The van der Waals surface area contributed by atoms with Crippen molar-refractivity contribution < 1.29 is 19.4 Å². The van der Waals surface area contributed by atoms with Crippen LogP contribution in [0.5, 0.6) is 0 Å². The Hall–Kier alpha value is -0.650. The molecule has 0 heterocycles. The van der Waals surface area contributed by atoms with Crippen LogP contribution in [0.4, 0.5) is 0 Å². The molecule has 0 aromatic rings. The van der Waals surface area contributed by atoms with Gasteiger partial charge in [-0.15, -0.1) is 0 Å². The van der Waals surface area contributed by atoms with Crippen LogP contribution in [0.2, 0.25) is 0 Å². The van der Waals surface area contributed by atoms with Gasteiger partial charge in [-0.2, -0.15) is 0 Å². The molecule has 0 aliphatic carbocycles. The summed E-state index contributed by atoms with van der Waals surface area (Å²) in [6, 6.07) is -0.349. The van der Waals surface area contributed by atoms with E-state index in [1.54, 1.807) is 0 Å². The fourth-order valence-electron chi connectivity index (χ4n) is 0.742. The Kier molecular flexibility index (Phi) is 6.64. The summed E-state index contributed by atoms with van der Waals surface area (Å²) in [5.74, 6) is -0.256. The minimum Gasteiger partial charge on any atom is -0.394 e. The van der Waals surface area contributed by atoms with Gasteiger partial charge in [-0.05, 0) is 0 Å². The average Bonchev–Trinajstić information content (AvgIpc) is 2.04. The quantitative estimate of drug-likeness (QED) is 0.532. The average molecular weight is 177 g/mol. The van der Waals surface area contributed by atoms with Crippen LogP contribution in [0, 0.1) is 0 Å². The van der Waals surface area contributed by atoms with E-state index in [4.69, 9.17) is 9.84 Å². The number of ether oxygens (including phenoxy) is 2. The highest BCUT2D eigenvalue weighted by atomic mass is 16.5. The van der Waals surface area contributed by atoms with Crippen LogP contribution >= 0.6 is 0 Å². The zero-order valence-electron chi connectivity index (χ0n) is 7.37. The topological polar surface area (TPSA) is 67.8 Å². The molecule has 0 rings (SSSR count). The third kappa shape index (κ3) is 5.06. The van der Waals surface area contributed by atoms with E-state index in [0.717, 1.165) is 0 Å². The van der Waals surface area contributed by atoms with Gasteiger partial charge in [0.15, 0.2) is 0 Å². The van der Waals surface area contributed by atoms with E-state index in [-0.39, 0.29) is 25.2 Å². The number of methoxy groups -OCH3 is 2. The van der Waals surface area contributed by atoms with E-state index in [1.807, 2.05) is 0 Å². The third-order valence-corrected chi connectivity index (χ3v) is 1.23. The van der Waals surface area contributed by atoms with Crippen molar-refractivity contribution in [2.24, 2.45) is 0 Å². The number of hydrogen-bond acceptors (Lipinski definition) is 4. The molecule has 1 amide bonds. The number of hydrogen-bond donors (Lipinski definition) is 2. The molecule has 0 saturated carbocycles. The zero-order chi connectivity index (χ0) is 9.40. The summed E-state index contributed by atoms with van der Waals surface area (Å²) in [5.41, 5.74) is 0. The highest BCUT2D eigenvalue weighted by molar-refractivity contribution is 5.77. The van der Waals surface area contributed by atoms with E-state index in [0.29, 0.717) is 6.61 Å². The van der Waals surface area contributed by atoms with Crippen LogP contribution in [-0.4, -0.2) is 51.1 Å². The molecule has 0 bridgehead atoms. The minimum absolute atomic E-state index is 0.000213. The van der Waals surface area contributed by atoms with Gasteiger partial charge in [0.05, 0.1) is 19.3 Å². The normalized spacial score (nSPS) is 12.6. The summed E-state index contributed by atoms with van der Waals surface area (Å²) < 4.78 is 9.35. The lowest BCUT2D eigenvalue weighted by atomic mass is 10.3. The van der Waals surface area contributed by atoms with Crippen LogP contribution in [0.25, 0.3) is 0 Å². The molecule has 0 aliphatic heterocycles. The molecule has 0 fully saturated rings.